The minimum atomic E-state index is 0.769. The first-order valence-corrected chi connectivity index (χ1v) is 5.17. The highest BCUT2D eigenvalue weighted by atomic mass is 32.1. The number of nitrogen functional groups attached to an aromatic ring is 1. The van der Waals surface area contributed by atoms with Gasteiger partial charge in [-0.1, -0.05) is 0 Å². The summed E-state index contributed by atoms with van der Waals surface area (Å²) < 4.78 is 0. The first-order chi connectivity index (χ1) is 6.74. The number of aromatic nitrogens is 1. The fraction of sp³-hybridized carbons (Fsp3) is 0.100. The summed E-state index contributed by atoms with van der Waals surface area (Å²) in [5.74, 6) is 0. The van der Waals surface area contributed by atoms with E-state index in [4.69, 9.17) is 5.73 Å². The zero-order valence-electron chi connectivity index (χ0n) is 7.82. The van der Waals surface area contributed by atoms with Gasteiger partial charge in [-0.3, -0.25) is 0 Å². The quantitative estimate of drug-likeness (QED) is 0.741. The molecule has 1 aromatic heterocycles. The molecule has 0 amide bonds. The second-order valence-electron chi connectivity index (χ2n) is 3.04. The topological polar surface area (TPSA) is 50.9 Å². The largest absolute Gasteiger partial charge is 0.399 e. The Bertz CT molecular complexity index is 419. The van der Waals surface area contributed by atoms with Gasteiger partial charge in [-0.15, -0.1) is 11.3 Å². The predicted molar refractivity (Wildman–Crippen MR) is 61.0 cm³/mol. The van der Waals surface area contributed by atoms with Crippen LogP contribution < -0.4 is 11.1 Å². The molecular formula is C10H11N3S. The molecule has 0 aliphatic heterocycles. The van der Waals surface area contributed by atoms with E-state index < -0.39 is 0 Å². The lowest BCUT2D eigenvalue weighted by atomic mass is 10.3. The third kappa shape index (κ3) is 2.03. The van der Waals surface area contributed by atoms with E-state index in [1.54, 1.807) is 11.3 Å². The number of nitrogens with one attached hydrogen (secondary N) is 1. The van der Waals surface area contributed by atoms with Gasteiger partial charge in [0.05, 0.1) is 5.69 Å². The van der Waals surface area contributed by atoms with E-state index in [2.05, 4.69) is 10.3 Å². The number of aryl methyl sites for hydroxylation is 1. The second-order valence-corrected chi connectivity index (χ2v) is 3.90. The van der Waals surface area contributed by atoms with Gasteiger partial charge in [0.2, 0.25) is 0 Å². The number of nitrogens with zero attached hydrogens (tertiary/aromatic N) is 1. The maximum atomic E-state index is 5.58. The summed E-state index contributed by atoms with van der Waals surface area (Å²) in [4.78, 5) is 4.30. The Kier molecular flexibility index (Phi) is 2.37. The van der Waals surface area contributed by atoms with Gasteiger partial charge in [-0.25, -0.2) is 4.98 Å². The number of rotatable bonds is 2. The van der Waals surface area contributed by atoms with Crippen LogP contribution in [0.25, 0.3) is 0 Å². The fourth-order valence-electron chi connectivity index (χ4n) is 1.10. The number of hydrogen-bond acceptors (Lipinski definition) is 4. The minimum Gasteiger partial charge on any atom is -0.399 e. The van der Waals surface area contributed by atoms with Crippen LogP contribution in [0.3, 0.4) is 0 Å². The minimum absolute atomic E-state index is 0.769. The lowest BCUT2D eigenvalue weighted by Gasteiger charge is -2.01. The Balaban J connectivity index is 2.15. The molecule has 0 aliphatic rings. The SMILES string of the molecule is Cc1csc(Nc2ccc(N)cc2)n1. The van der Waals surface area contributed by atoms with Crippen molar-refractivity contribution in [2.24, 2.45) is 0 Å². The van der Waals surface area contributed by atoms with Crippen molar-refractivity contribution in [3.63, 3.8) is 0 Å². The van der Waals surface area contributed by atoms with Crippen LogP contribution in [-0.4, -0.2) is 4.98 Å². The highest BCUT2D eigenvalue weighted by Gasteiger charge is 1.98. The second kappa shape index (κ2) is 3.67. The first kappa shape index (κ1) is 9.02. The molecule has 1 aromatic carbocycles. The molecule has 1 heterocycles. The van der Waals surface area contributed by atoms with E-state index in [-0.39, 0.29) is 0 Å². The third-order valence-electron chi connectivity index (χ3n) is 1.78. The molecule has 0 saturated heterocycles. The molecule has 0 saturated carbocycles. The van der Waals surface area contributed by atoms with Crippen LogP contribution in [0.15, 0.2) is 29.6 Å². The molecule has 2 rings (SSSR count). The van der Waals surface area contributed by atoms with Crippen molar-refractivity contribution in [3.05, 3.63) is 35.3 Å². The van der Waals surface area contributed by atoms with Gasteiger partial charge in [0.15, 0.2) is 5.13 Å². The van der Waals surface area contributed by atoms with Crippen LogP contribution >= 0.6 is 11.3 Å². The highest BCUT2D eigenvalue weighted by Crippen LogP contribution is 2.20. The first-order valence-electron chi connectivity index (χ1n) is 4.29. The summed E-state index contributed by atoms with van der Waals surface area (Å²) >= 11 is 1.60. The monoisotopic (exact) mass is 205 g/mol. The van der Waals surface area contributed by atoms with Crippen LogP contribution in [0.1, 0.15) is 5.69 Å². The standard InChI is InChI=1S/C10H11N3S/c1-7-6-14-10(12-7)13-9-4-2-8(11)3-5-9/h2-6H,11H2,1H3,(H,12,13). The molecule has 0 spiro atoms. The van der Waals surface area contributed by atoms with Gasteiger partial charge < -0.3 is 11.1 Å². The van der Waals surface area contributed by atoms with Crippen molar-refractivity contribution in [3.8, 4) is 0 Å². The number of nitrogens with two attached hydrogens (primary N) is 1. The normalized spacial score (nSPS) is 10.1. The number of hydrogen-bond donors (Lipinski definition) is 2. The van der Waals surface area contributed by atoms with Gasteiger partial charge in [0, 0.05) is 16.8 Å². The molecule has 2 aromatic rings. The molecule has 0 fully saturated rings. The van der Waals surface area contributed by atoms with Crippen molar-refractivity contribution in [1.82, 2.24) is 4.98 Å². The number of anilines is 3. The van der Waals surface area contributed by atoms with Gasteiger partial charge in [-0.2, -0.15) is 0 Å². The Labute approximate surface area is 86.6 Å². The lowest BCUT2D eigenvalue weighted by Crippen LogP contribution is -1.90. The summed E-state index contributed by atoms with van der Waals surface area (Å²) in [6, 6.07) is 7.60. The van der Waals surface area contributed by atoms with E-state index >= 15 is 0 Å². The van der Waals surface area contributed by atoms with Crippen molar-refractivity contribution >= 4 is 27.8 Å². The zero-order valence-corrected chi connectivity index (χ0v) is 8.64. The smallest absolute Gasteiger partial charge is 0.187 e. The van der Waals surface area contributed by atoms with E-state index in [1.165, 1.54) is 0 Å². The van der Waals surface area contributed by atoms with Crippen LogP contribution in [0.5, 0.6) is 0 Å². The number of thiazole rings is 1. The summed E-state index contributed by atoms with van der Waals surface area (Å²) in [5.41, 5.74) is 8.40. The average molecular weight is 205 g/mol. The average Bonchev–Trinajstić information content (AvgIpc) is 2.56. The maximum absolute atomic E-state index is 5.58. The van der Waals surface area contributed by atoms with Gasteiger partial charge in [0.1, 0.15) is 0 Å². The molecule has 3 N–H and O–H groups in total. The molecule has 3 nitrogen and oxygen atoms in total. The van der Waals surface area contributed by atoms with E-state index in [0.717, 1.165) is 22.2 Å². The maximum Gasteiger partial charge on any atom is 0.187 e. The molecule has 72 valence electrons. The molecule has 14 heavy (non-hydrogen) atoms. The van der Waals surface area contributed by atoms with Crippen LogP contribution in [0.2, 0.25) is 0 Å². The van der Waals surface area contributed by atoms with E-state index in [0.29, 0.717) is 0 Å². The summed E-state index contributed by atoms with van der Waals surface area (Å²) in [6.07, 6.45) is 0. The molecule has 0 radical (unpaired) electrons. The lowest BCUT2D eigenvalue weighted by molar-refractivity contribution is 1.26. The predicted octanol–water partition coefficient (Wildman–Crippen LogP) is 2.78. The van der Waals surface area contributed by atoms with Crippen molar-refractivity contribution in [2.75, 3.05) is 11.1 Å². The Morgan fingerprint density at radius 3 is 2.57 bits per heavy atom. The Morgan fingerprint density at radius 1 is 1.29 bits per heavy atom. The molecule has 0 bridgehead atoms. The van der Waals surface area contributed by atoms with Crippen molar-refractivity contribution in [1.29, 1.82) is 0 Å². The van der Waals surface area contributed by atoms with Crippen molar-refractivity contribution in [2.45, 2.75) is 6.92 Å². The Hall–Kier alpha value is -1.55. The van der Waals surface area contributed by atoms with E-state index in [1.807, 2.05) is 36.6 Å². The molecular weight excluding hydrogens is 194 g/mol. The Morgan fingerprint density at radius 2 is 2.00 bits per heavy atom. The fourth-order valence-corrected chi connectivity index (χ4v) is 1.81. The van der Waals surface area contributed by atoms with Crippen LogP contribution in [0.4, 0.5) is 16.5 Å². The third-order valence-corrected chi connectivity index (χ3v) is 2.66. The summed E-state index contributed by atoms with van der Waals surface area (Å²) in [6.45, 7) is 1.98. The van der Waals surface area contributed by atoms with Gasteiger partial charge in [0.25, 0.3) is 0 Å². The summed E-state index contributed by atoms with van der Waals surface area (Å²) in [7, 11) is 0. The highest BCUT2D eigenvalue weighted by molar-refractivity contribution is 7.13. The molecule has 0 unspecified atom stereocenters. The number of benzene rings is 1. The molecule has 0 atom stereocenters. The van der Waals surface area contributed by atoms with Gasteiger partial charge >= 0.3 is 0 Å². The van der Waals surface area contributed by atoms with Crippen LogP contribution in [0, 0.1) is 6.92 Å². The summed E-state index contributed by atoms with van der Waals surface area (Å²) in [5, 5.41) is 6.13. The van der Waals surface area contributed by atoms with Crippen LogP contribution in [-0.2, 0) is 0 Å². The molecule has 0 aliphatic carbocycles. The molecule has 4 heteroatoms. The van der Waals surface area contributed by atoms with Gasteiger partial charge in [-0.05, 0) is 31.2 Å². The zero-order chi connectivity index (χ0) is 9.97. The van der Waals surface area contributed by atoms with E-state index in [9.17, 15) is 0 Å². The van der Waals surface area contributed by atoms with Crippen molar-refractivity contribution < 1.29 is 0 Å².